The summed E-state index contributed by atoms with van der Waals surface area (Å²) >= 11 is 0. The second-order valence-corrected chi connectivity index (χ2v) is 7.28. The minimum absolute atomic E-state index is 0.0400. The van der Waals surface area contributed by atoms with Gasteiger partial charge < -0.3 is 14.9 Å². The molecule has 0 spiro atoms. The number of hydrogen-bond acceptors (Lipinski definition) is 6. The van der Waals surface area contributed by atoms with Gasteiger partial charge in [0, 0.05) is 19.0 Å². The number of benzene rings is 1. The molecule has 0 bridgehead atoms. The smallest absolute Gasteiger partial charge is 0.222 e. The van der Waals surface area contributed by atoms with E-state index in [0.29, 0.717) is 37.3 Å². The molecule has 1 aromatic carbocycles. The number of pyridine rings is 1. The molecule has 29 heavy (non-hydrogen) atoms. The van der Waals surface area contributed by atoms with Crippen LogP contribution in [0.3, 0.4) is 0 Å². The number of methoxy groups -OCH3 is 1. The van der Waals surface area contributed by atoms with Crippen LogP contribution in [0.1, 0.15) is 36.9 Å². The summed E-state index contributed by atoms with van der Waals surface area (Å²) < 4.78 is 7.17. The van der Waals surface area contributed by atoms with Crippen LogP contribution in [0.15, 0.2) is 48.7 Å². The number of hydrogen-bond donors (Lipinski definition) is 2. The molecule has 0 radical (unpaired) electrons. The van der Waals surface area contributed by atoms with E-state index in [1.165, 1.54) is 0 Å². The maximum atomic E-state index is 11.7. The molecule has 2 heterocycles. The number of ether oxygens (including phenoxy) is 1. The maximum Gasteiger partial charge on any atom is 0.222 e. The molecular formula is C22H23N3O4. The molecule has 0 unspecified atom stereocenters. The normalized spacial score (nSPS) is 16.0. The lowest BCUT2D eigenvalue weighted by Gasteiger charge is -2.29. The zero-order chi connectivity index (χ0) is 20.4. The highest BCUT2D eigenvalue weighted by atomic mass is 16.5. The van der Waals surface area contributed by atoms with Crippen LogP contribution in [0.2, 0.25) is 0 Å². The summed E-state index contributed by atoms with van der Waals surface area (Å²) in [6.45, 7) is -0.0400. The highest BCUT2D eigenvalue weighted by Crippen LogP contribution is 2.38. The van der Waals surface area contributed by atoms with Crippen molar-refractivity contribution in [3.8, 4) is 22.8 Å². The first-order valence-corrected chi connectivity index (χ1v) is 9.58. The fourth-order valence-corrected chi connectivity index (χ4v) is 3.69. The van der Waals surface area contributed by atoms with Gasteiger partial charge in [0.1, 0.15) is 11.4 Å². The summed E-state index contributed by atoms with van der Waals surface area (Å²) in [6.07, 6.45) is 3.06. The molecule has 150 valence electrons. The van der Waals surface area contributed by atoms with Crippen molar-refractivity contribution in [1.82, 2.24) is 14.8 Å². The van der Waals surface area contributed by atoms with E-state index in [-0.39, 0.29) is 12.4 Å². The fraction of sp³-hybridized carbons (Fsp3) is 0.318. The van der Waals surface area contributed by atoms with Crippen molar-refractivity contribution < 1.29 is 19.7 Å². The molecule has 3 aromatic rings. The molecule has 2 N–H and O–H groups in total. The lowest BCUT2D eigenvalue weighted by atomic mass is 9.82. The zero-order valence-corrected chi connectivity index (χ0v) is 16.2. The molecular weight excluding hydrogens is 370 g/mol. The second-order valence-electron chi connectivity index (χ2n) is 7.28. The van der Waals surface area contributed by atoms with Gasteiger partial charge in [-0.15, -0.1) is 0 Å². The van der Waals surface area contributed by atoms with Gasteiger partial charge in [-0.25, -0.2) is 9.67 Å². The molecule has 7 heteroatoms. The predicted octanol–water partition coefficient (Wildman–Crippen LogP) is 2.77. The van der Waals surface area contributed by atoms with E-state index >= 15 is 0 Å². The second kappa shape index (κ2) is 7.77. The number of carbonyl (C=O) groups excluding carboxylic acids is 1. The van der Waals surface area contributed by atoms with Gasteiger partial charge in [0.2, 0.25) is 5.88 Å². The van der Waals surface area contributed by atoms with Gasteiger partial charge in [-0.3, -0.25) is 4.79 Å². The van der Waals surface area contributed by atoms with Crippen LogP contribution in [0.4, 0.5) is 0 Å². The van der Waals surface area contributed by atoms with Gasteiger partial charge in [0.15, 0.2) is 0 Å². The van der Waals surface area contributed by atoms with Gasteiger partial charge in [0.05, 0.1) is 36.4 Å². The van der Waals surface area contributed by atoms with Crippen molar-refractivity contribution in [3.05, 3.63) is 59.9 Å². The Balaban J connectivity index is 1.85. The number of aromatic nitrogens is 3. The van der Waals surface area contributed by atoms with Crippen LogP contribution in [0.5, 0.6) is 5.88 Å². The van der Waals surface area contributed by atoms with E-state index < -0.39 is 5.60 Å². The molecule has 2 aromatic heterocycles. The van der Waals surface area contributed by atoms with Crippen LogP contribution in [0.25, 0.3) is 16.9 Å². The van der Waals surface area contributed by atoms with Crippen LogP contribution < -0.4 is 4.74 Å². The number of nitrogens with zero attached hydrogens (tertiary/aromatic N) is 3. The Hall–Kier alpha value is -3.03. The van der Waals surface area contributed by atoms with Crippen LogP contribution in [0, 0.1) is 0 Å². The summed E-state index contributed by atoms with van der Waals surface area (Å²) in [6, 6.07) is 12.9. The Labute approximate surface area is 168 Å². The first kappa shape index (κ1) is 19.3. The highest BCUT2D eigenvalue weighted by Gasteiger charge is 2.37. The van der Waals surface area contributed by atoms with E-state index in [2.05, 4.69) is 4.98 Å². The third-order valence-corrected chi connectivity index (χ3v) is 5.42. The van der Waals surface area contributed by atoms with E-state index in [4.69, 9.17) is 9.84 Å². The van der Waals surface area contributed by atoms with E-state index in [1.807, 2.05) is 42.5 Å². The van der Waals surface area contributed by atoms with Gasteiger partial charge in [-0.2, -0.15) is 5.10 Å². The molecule has 7 nitrogen and oxygen atoms in total. The quantitative estimate of drug-likeness (QED) is 0.692. The van der Waals surface area contributed by atoms with E-state index in [9.17, 15) is 15.0 Å². The van der Waals surface area contributed by atoms with Crippen molar-refractivity contribution in [2.75, 3.05) is 7.11 Å². The van der Waals surface area contributed by atoms with Gasteiger partial charge in [-0.05, 0) is 48.7 Å². The Bertz CT molecular complexity index is 1020. The topological polar surface area (TPSA) is 97.5 Å². The standard InChI is InChI=1S/C22H23N3O4/c1-29-21-18(3-2-12-23-21)19-13-20(22(28)10-8-17(27)9-11-22)24-25(19)16-6-4-15(14-26)5-7-16/h2-7,12-13,26,28H,8-11,14H2,1H3. The molecule has 0 amide bonds. The van der Waals surface area contributed by atoms with Gasteiger partial charge >= 0.3 is 0 Å². The first-order valence-electron chi connectivity index (χ1n) is 9.58. The lowest BCUT2D eigenvalue weighted by molar-refractivity contribution is -0.125. The average molecular weight is 393 g/mol. The molecule has 4 rings (SSSR count). The van der Waals surface area contributed by atoms with Crippen molar-refractivity contribution >= 4 is 5.78 Å². The van der Waals surface area contributed by atoms with Gasteiger partial charge in [0.25, 0.3) is 0 Å². The van der Waals surface area contributed by atoms with E-state index in [0.717, 1.165) is 22.5 Å². The monoisotopic (exact) mass is 393 g/mol. The molecule has 1 aliphatic carbocycles. The Kier molecular flexibility index (Phi) is 5.17. The van der Waals surface area contributed by atoms with Crippen LogP contribution in [-0.4, -0.2) is 37.9 Å². The fourth-order valence-electron chi connectivity index (χ4n) is 3.69. The van der Waals surface area contributed by atoms with Crippen molar-refractivity contribution in [3.63, 3.8) is 0 Å². The Morgan fingerprint density at radius 3 is 2.55 bits per heavy atom. The first-order chi connectivity index (χ1) is 14.0. The number of aliphatic hydroxyl groups excluding tert-OH is 1. The Morgan fingerprint density at radius 1 is 1.17 bits per heavy atom. The highest BCUT2D eigenvalue weighted by molar-refractivity contribution is 5.79. The largest absolute Gasteiger partial charge is 0.481 e. The minimum Gasteiger partial charge on any atom is -0.481 e. The summed E-state index contributed by atoms with van der Waals surface area (Å²) in [5.74, 6) is 0.626. The van der Waals surface area contributed by atoms with Crippen molar-refractivity contribution in [2.24, 2.45) is 0 Å². The number of carbonyl (C=O) groups is 1. The summed E-state index contributed by atoms with van der Waals surface area (Å²) in [5.41, 5.74) is 2.43. The average Bonchev–Trinajstić information content (AvgIpc) is 3.22. The molecule has 0 aliphatic heterocycles. The van der Waals surface area contributed by atoms with Crippen molar-refractivity contribution in [2.45, 2.75) is 37.9 Å². The lowest BCUT2D eigenvalue weighted by Crippen LogP contribution is -2.32. The summed E-state index contributed by atoms with van der Waals surface area (Å²) in [7, 11) is 1.56. The molecule has 1 aliphatic rings. The maximum absolute atomic E-state index is 11.7. The van der Waals surface area contributed by atoms with Gasteiger partial charge in [-0.1, -0.05) is 12.1 Å². The number of aliphatic hydroxyl groups is 2. The van der Waals surface area contributed by atoms with Crippen molar-refractivity contribution in [1.29, 1.82) is 0 Å². The minimum atomic E-state index is -1.14. The van der Waals surface area contributed by atoms with Crippen LogP contribution in [-0.2, 0) is 17.0 Å². The molecule has 1 fully saturated rings. The Morgan fingerprint density at radius 2 is 1.90 bits per heavy atom. The zero-order valence-electron chi connectivity index (χ0n) is 16.2. The van der Waals surface area contributed by atoms with Crippen LogP contribution >= 0.6 is 0 Å². The third-order valence-electron chi connectivity index (χ3n) is 5.42. The third kappa shape index (κ3) is 3.66. The predicted molar refractivity (Wildman–Crippen MR) is 107 cm³/mol. The molecule has 0 saturated heterocycles. The summed E-state index contributed by atoms with van der Waals surface area (Å²) in [4.78, 5) is 15.9. The number of Topliss-reactive ketones (excluding diaryl/α,β-unsaturated/α-hetero) is 1. The SMILES string of the molecule is COc1ncccc1-c1cc(C2(O)CCC(=O)CC2)nn1-c1ccc(CO)cc1. The summed E-state index contributed by atoms with van der Waals surface area (Å²) in [5, 5.41) is 25.2. The molecule has 0 atom stereocenters. The van der Waals surface area contributed by atoms with E-state index in [1.54, 1.807) is 18.0 Å². The number of ketones is 1. The number of rotatable bonds is 5. The molecule has 1 saturated carbocycles.